The molecule has 0 spiro atoms. The summed E-state index contributed by atoms with van der Waals surface area (Å²) in [6.45, 7) is -0.142. The lowest BCUT2D eigenvalue weighted by molar-refractivity contribution is 0.330. The highest BCUT2D eigenvalue weighted by molar-refractivity contribution is 7.89. The van der Waals surface area contributed by atoms with E-state index in [4.69, 9.17) is 19.9 Å². The number of nitrogens with two attached hydrogens (primary N) is 1. The number of hydrogen-bond acceptors (Lipinski definition) is 9. The summed E-state index contributed by atoms with van der Waals surface area (Å²) in [7, 11) is -2.37. The Hall–Kier alpha value is -3.95. The first-order valence-corrected chi connectivity index (χ1v) is 10.2. The normalized spacial score (nSPS) is 10.8. The summed E-state index contributed by atoms with van der Waals surface area (Å²) < 4.78 is 47.3. The number of rotatable bonds is 8. The van der Waals surface area contributed by atoms with Crippen molar-refractivity contribution < 1.29 is 22.3 Å². The van der Waals surface area contributed by atoms with E-state index in [1.807, 2.05) is 6.07 Å². The Kier molecular flexibility index (Phi) is 6.49. The van der Waals surface area contributed by atoms with Crippen molar-refractivity contribution in [1.29, 1.82) is 5.26 Å². The van der Waals surface area contributed by atoms with E-state index in [0.717, 1.165) is 6.20 Å². The van der Waals surface area contributed by atoms with Crippen LogP contribution in [0.1, 0.15) is 0 Å². The number of benzene rings is 2. The fraction of sp³-hybridized carbons (Fsp3) is 0.105. The molecule has 0 aliphatic carbocycles. The highest BCUT2D eigenvalue weighted by atomic mass is 32.2. The lowest BCUT2D eigenvalue weighted by Crippen LogP contribution is -2.11. The van der Waals surface area contributed by atoms with Crippen LogP contribution in [0.25, 0.3) is 0 Å². The molecule has 31 heavy (non-hydrogen) atoms. The zero-order valence-electron chi connectivity index (χ0n) is 16.2. The molecule has 0 fully saturated rings. The molecule has 4 N–H and O–H groups in total. The van der Waals surface area contributed by atoms with Gasteiger partial charge in [-0.2, -0.15) is 10.2 Å². The first kappa shape index (κ1) is 21.8. The second-order valence-corrected chi connectivity index (χ2v) is 7.58. The van der Waals surface area contributed by atoms with E-state index in [-0.39, 0.29) is 23.3 Å². The van der Waals surface area contributed by atoms with Gasteiger partial charge in [0.25, 0.3) is 0 Å². The third-order valence-electron chi connectivity index (χ3n) is 3.90. The number of anilines is 4. The minimum Gasteiger partial charge on any atom is -0.493 e. The van der Waals surface area contributed by atoms with Crippen LogP contribution in [0.15, 0.2) is 53.6 Å². The van der Waals surface area contributed by atoms with Gasteiger partial charge in [-0.05, 0) is 36.4 Å². The van der Waals surface area contributed by atoms with E-state index < -0.39 is 15.8 Å². The Bertz CT molecular complexity index is 1230. The Balaban J connectivity index is 1.79. The van der Waals surface area contributed by atoms with Gasteiger partial charge >= 0.3 is 0 Å². The summed E-state index contributed by atoms with van der Waals surface area (Å²) >= 11 is 0. The summed E-state index contributed by atoms with van der Waals surface area (Å²) in [6, 6.07) is 12.2. The number of methoxy groups -OCH3 is 1. The van der Waals surface area contributed by atoms with Gasteiger partial charge in [-0.3, -0.25) is 0 Å². The molecule has 3 aromatic rings. The molecule has 1 heterocycles. The third-order valence-corrected chi connectivity index (χ3v) is 4.83. The largest absolute Gasteiger partial charge is 0.493 e. The number of ether oxygens (including phenoxy) is 2. The molecule has 0 saturated heterocycles. The van der Waals surface area contributed by atoms with Crippen molar-refractivity contribution in [2.75, 3.05) is 24.4 Å². The van der Waals surface area contributed by atoms with E-state index in [1.165, 1.54) is 31.4 Å². The Morgan fingerprint density at radius 3 is 2.48 bits per heavy atom. The molecule has 1 aromatic heterocycles. The number of nitriles is 1. The quantitative estimate of drug-likeness (QED) is 0.476. The van der Waals surface area contributed by atoms with Crippen LogP contribution in [0.4, 0.5) is 27.5 Å². The van der Waals surface area contributed by atoms with Crippen molar-refractivity contribution >= 4 is 33.2 Å². The van der Waals surface area contributed by atoms with Gasteiger partial charge in [-0.25, -0.2) is 22.9 Å². The number of nitrogens with one attached hydrogen (secondary N) is 2. The summed E-state index contributed by atoms with van der Waals surface area (Å²) in [5, 5.41) is 19.4. The van der Waals surface area contributed by atoms with Crippen LogP contribution < -0.4 is 25.2 Å². The molecular weight excluding hydrogens is 427 g/mol. The van der Waals surface area contributed by atoms with Gasteiger partial charge in [0.05, 0.1) is 18.2 Å². The molecule has 0 atom stereocenters. The van der Waals surface area contributed by atoms with E-state index in [9.17, 15) is 12.8 Å². The molecule has 160 valence electrons. The van der Waals surface area contributed by atoms with Crippen LogP contribution in [0.5, 0.6) is 11.5 Å². The highest BCUT2D eigenvalue weighted by Crippen LogP contribution is 2.31. The van der Waals surface area contributed by atoms with Gasteiger partial charge < -0.3 is 20.1 Å². The number of sulfonamides is 1. The molecule has 0 amide bonds. The molecule has 0 radical (unpaired) electrons. The van der Waals surface area contributed by atoms with Crippen LogP contribution in [0, 0.1) is 17.1 Å². The third kappa shape index (κ3) is 5.56. The van der Waals surface area contributed by atoms with Crippen LogP contribution in [0.2, 0.25) is 0 Å². The first-order chi connectivity index (χ1) is 14.8. The lowest BCUT2D eigenvalue weighted by atomic mass is 10.2. The molecule has 3 rings (SSSR count). The molecule has 0 bridgehead atoms. The number of aromatic nitrogens is 2. The lowest BCUT2D eigenvalue weighted by Gasteiger charge is -2.12. The zero-order valence-corrected chi connectivity index (χ0v) is 17.0. The summed E-state index contributed by atoms with van der Waals surface area (Å²) in [5.74, 6) is -0.00967. The van der Waals surface area contributed by atoms with Crippen molar-refractivity contribution in [3.05, 3.63) is 54.5 Å². The fourth-order valence-electron chi connectivity index (χ4n) is 2.48. The van der Waals surface area contributed by atoms with Crippen LogP contribution >= 0.6 is 0 Å². The molecule has 0 saturated carbocycles. The van der Waals surface area contributed by atoms with Gasteiger partial charge in [0.1, 0.15) is 6.07 Å². The maximum Gasteiger partial charge on any atom is 0.238 e. The van der Waals surface area contributed by atoms with Crippen molar-refractivity contribution in [3.8, 4) is 17.6 Å². The van der Waals surface area contributed by atoms with Crippen LogP contribution in [-0.4, -0.2) is 32.1 Å². The smallest absolute Gasteiger partial charge is 0.238 e. The summed E-state index contributed by atoms with van der Waals surface area (Å²) in [5.41, 5.74) is 0.938. The number of halogens is 1. The van der Waals surface area contributed by atoms with Crippen molar-refractivity contribution in [2.24, 2.45) is 5.14 Å². The van der Waals surface area contributed by atoms with Gasteiger partial charge in [0.2, 0.25) is 16.0 Å². The minimum absolute atomic E-state index is 0.0448. The topological polar surface area (TPSA) is 152 Å². The van der Waals surface area contributed by atoms with Crippen molar-refractivity contribution in [3.63, 3.8) is 0 Å². The molecular formula is C19H17FN6O4S. The monoisotopic (exact) mass is 444 g/mol. The number of hydrogen-bond donors (Lipinski definition) is 3. The Morgan fingerprint density at radius 1 is 1.13 bits per heavy atom. The predicted molar refractivity (Wildman–Crippen MR) is 110 cm³/mol. The molecule has 0 unspecified atom stereocenters. The average molecular weight is 444 g/mol. The second kappa shape index (κ2) is 9.24. The Labute approximate surface area is 177 Å². The van der Waals surface area contributed by atoms with Crippen LogP contribution in [-0.2, 0) is 10.0 Å². The number of primary sulfonamides is 1. The molecule has 0 aliphatic rings. The first-order valence-electron chi connectivity index (χ1n) is 8.67. The maximum absolute atomic E-state index is 14.2. The molecule has 0 aliphatic heterocycles. The second-order valence-electron chi connectivity index (χ2n) is 6.02. The van der Waals surface area contributed by atoms with E-state index >= 15 is 0 Å². The van der Waals surface area contributed by atoms with E-state index in [0.29, 0.717) is 22.9 Å². The highest BCUT2D eigenvalue weighted by Gasteiger charge is 2.12. The minimum atomic E-state index is -3.81. The predicted octanol–water partition coefficient (Wildman–Crippen LogP) is 2.66. The van der Waals surface area contributed by atoms with Gasteiger partial charge in [-0.15, -0.1) is 0 Å². The van der Waals surface area contributed by atoms with Crippen molar-refractivity contribution in [1.82, 2.24) is 9.97 Å². The summed E-state index contributed by atoms with van der Waals surface area (Å²) in [4.78, 5) is 7.92. The molecule has 12 heteroatoms. The number of nitrogens with zero attached hydrogens (tertiary/aromatic N) is 3. The van der Waals surface area contributed by atoms with E-state index in [1.54, 1.807) is 18.2 Å². The molecule has 2 aromatic carbocycles. The van der Waals surface area contributed by atoms with Crippen molar-refractivity contribution in [2.45, 2.75) is 4.90 Å². The van der Waals surface area contributed by atoms with Gasteiger partial charge in [0.15, 0.2) is 29.7 Å². The zero-order chi connectivity index (χ0) is 22.4. The standard InChI is InChI=1S/C19H17FN6O4S/c1-29-17-10-13(4-7-16(17)30-9-8-21)24-18-15(20)11-23-19(26-18)25-12-2-5-14(6-3-12)31(22,27)28/h2-7,10-11H,9H2,1H3,(H2,22,27,28)(H2,23,24,25,26). The van der Waals surface area contributed by atoms with Gasteiger partial charge in [0, 0.05) is 17.4 Å². The van der Waals surface area contributed by atoms with Gasteiger partial charge in [-0.1, -0.05) is 0 Å². The SMILES string of the molecule is COc1cc(Nc2nc(Nc3ccc(S(N)(=O)=O)cc3)ncc2F)ccc1OCC#N. The average Bonchev–Trinajstić information content (AvgIpc) is 2.75. The Morgan fingerprint density at radius 2 is 1.84 bits per heavy atom. The molecule has 10 nitrogen and oxygen atoms in total. The maximum atomic E-state index is 14.2. The van der Waals surface area contributed by atoms with E-state index in [2.05, 4.69) is 20.6 Å². The fourth-order valence-corrected chi connectivity index (χ4v) is 3.00. The summed E-state index contributed by atoms with van der Waals surface area (Å²) in [6.07, 6.45) is 0.984. The van der Waals surface area contributed by atoms with Crippen LogP contribution in [0.3, 0.4) is 0 Å².